The SMILES string of the molecule is CC(C)(C)OC(=O)NCCOCCOC(=O)C12CC3CC(CC(C3)C1)C2. The molecule has 0 atom stereocenters. The van der Waals surface area contributed by atoms with Crippen molar-refractivity contribution in [3.8, 4) is 0 Å². The average Bonchev–Trinajstić information content (AvgIpc) is 2.50. The standard InChI is InChI=1S/C20H33NO5/c1-19(2,3)26-18(23)21-4-5-24-6-7-25-17(22)20-11-14-8-15(12-20)10-16(9-14)13-20/h14-16H,4-13H2,1-3H3,(H,21,23). The quantitative estimate of drug-likeness (QED) is 0.552. The van der Waals surface area contributed by atoms with Gasteiger partial charge in [-0.3, -0.25) is 4.79 Å². The highest BCUT2D eigenvalue weighted by molar-refractivity contribution is 5.77. The Bertz CT molecular complexity index is 490. The van der Waals surface area contributed by atoms with Gasteiger partial charge in [0.25, 0.3) is 0 Å². The van der Waals surface area contributed by atoms with Crippen LogP contribution in [0.25, 0.3) is 0 Å². The van der Waals surface area contributed by atoms with Gasteiger partial charge in [0.15, 0.2) is 0 Å². The summed E-state index contributed by atoms with van der Waals surface area (Å²) < 4.78 is 16.1. The number of carbonyl (C=O) groups is 2. The summed E-state index contributed by atoms with van der Waals surface area (Å²) in [6, 6.07) is 0. The van der Waals surface area contributed by atoms with Crippen molar-refractivity contribution in [1.82, 2.24) is 5.32 Å². The minimum absolute atomic E-state index is 0.00733. The fourth-order valence-electron chi connectivity index (χ4n) is 5.35. The van der Waals surface area contributed by atoms with Crippen LogP contribution in [0.1, 0.15) is 59.3 Å². The van der Waals surface area contributed by atoms with Crippen molar-refractivity contribution in [2.45, 2.75) is 64.9 Å². The molecule has 0 aliphatic heterocycles. The number of ether oxygens (including phenoxy) is 3. The second kappa shape index (κ2) is 7.75. The van der Waals surface area contributed by atoms with E-state index < -0.39 is 11.7 Å². The molecule has 4 saturated carbocycles. The van der Waals surface area contributed by atoms with Gasteiger partial charge in [0.1, 0.15) is 12.2 Å². The van der Waals surface area contributed by atoms with Gasteiger partial charge in [-0.2, -0.15) is 0 Å². The van der Waals surface area contributed by atoms with Crippen molar-refractivity contribution in [3.05, 3.63) is 0 Å². The normalized spacial score (nSPS) is 32.3. The van der Waals surface area contributed by atoms with E-state index in [-0.39, 0.29) is 18.0 Å². The first kappa shape index (κ1) is 19.5. The van der Waals surface area contributed by atoms with E-state index >= 15 is 0 Å². The van der Waals surface area contributed by atoms with Crippen LogP contribution in [0, 0.1) is 23.2 Å². The van der Waals surface area contributed by atoms with Gasteiger partial charge in [0.05, 0.1) is 18.6 Å². The number of alkyl carbamates (subject to hydrolysis) is 1. The Balaban J connectivity index is 1.28. The van der Waals surface area contributed by atoms with Crippen LogP contribution in [0.2, 0.25) is 0 Å². The lowest BCUT2D eigenvalue weighted by Gasteiger charge is -2.55. The molecule has 0 aromatic heterocycles. The van der Waals surface area contributed by atoms with Crippen LogP contribution in [0.4, 0.5) is 4.79 Å². The predicted octanol–water partition coefficient (Wildman–Crippen LogP) is 3.29. The van der Waals surface area contributed by atoms with E-state index in [1.165, 1.54) is 19.3 Å². The maximum Gasteiger partial charge on any atom is 0.407 e. The molecule has 0 saturated heterocycles. The molecule has 6 nitrogen and oxygen atoms in total. The molecule has 0 unspecified atom stereocenters. The number of hydrogen-bond donors (Lipinski definition) is 1. The molecule has 4 aliphatic rings. The van der Waals surface area contributed by atoms with E-state index in [9.17, 15) is 9.59 Å². The van der Waals surface area contributed by atoms with Crippen LogP contribution in [-0.2, 0) is 19.0 Å². The van der Waals surface area contributed by atoms with Gasteiger partial charge in [-0.1, -0.05) is 0 Å². The molecule has 6 heteroatoms. The highest BCUT2D eigenvalue weighted by Crippen LogP contribution is 2.60. The van der Waals surface area contributed by atoms with Gasteiger partial charge >= 0.3 is 12.1 Å². The third-order valence-corrected chi connectivity index (χ3v) is 5.85. The Morgan fingerprint density at radius 1 is 0.962 bits per heavy atom. The van der Waals surface area contributed by atoms with Crippen molar-refractivity contribution in [2.24, 2.45) is 23.2 Å². The molecule has 4 bridgehead atoms. The minimum atomic E-state index is -0.504. The van der Waals surface area contributed by atoms with Crippen molar-refractivity contribution < 1.29 is 23.8 Å². The van der Waals surface area contributed by atoms with Gasteiger partial charge in [-0.25, -0.2) is 4.79 Å². The fourth-order valence-corrected chi connectivity index (χ4v) is 5.35. The van der Waals surface area contributed by atoms with Gasteiger partial charge in [-0.05, 0) is 77.0 Å². The molecule has 1 amide bonds. The van der Waals surface area contributed by atoms with Crippen LogP contribution in [0.3, 0.4) is 0 Å². The van der Waals surface area contributed by atoms with Crippen molar-refractivity contribution in [1.29, 1.82) is 0 Å². The average molecular weight is 367 g/mol. The molecule has 0 aromatic carbocycles. The summed E-state index contributed by atoms with van der Waals surface area (Å²) in [4.78, 5) is 24.1. The number of rotatable bonds is 7. The van der Waals surface area contributed by atoms with E-state index in [1.54, 1.807) is 0 Å². The third-order valence-electron chi connectivity index (χ3n) is 5.85. The summed E-state index contributed by atoms with van der Waals surface area (Å²) in [6.07, 6.45) is 6.59. The van der Waals surface area contributed by atoms with E-state index in [1.807, 2.05) is 20.8 Å². The summed E-state index contributed by atoms with van der Waals surface area (Å²) in [5, 5.41) is 2.63. The van der Waals surface area contributed by atoms with Gasteiger partial charge in [0, 0.05) is 6.54 Å². The van der Waals surface area contributed by atoms with Crippen LogP contribution < -0.4 is 5.32 Å². The fraction of sp³-hybridized carbons (Fsp3) is 0.900. The minimum Gasteiger partial charge on any atom is -0.463 e. The van der Waals surface area contributed by atoms with Crippen molar-refractivity contribution in [2.75, 3.05) is 26.4 Å². The highest BCUT2D eigenvalue weighted by Gasteiger charge is 2.55. The Labute approximate surface area is 156 Å². The number of hydrogen-bond acceptors (Lipinski definition) is 5. The Morgan fingerprint density at radius 2 is 1.54 bits per heavy atom. The molecule has 4 rings (SSSR count). The lowest BCUT2D eigenvalue weighted by atomic mass is 9.49. The predicted molar refractivity (Wildman–Crippen MR) is 96.6 cm³/mol. The van der Waals surface area contributed by atoms with Gasteiger partial charge in [-0.15, -0.1) is 0 Å². The molecular weight excluding hydrogens is 334 g/mol. The Hall–Kier alpha value is -1.30. The van der Waals surface area contributed by atoms with Crippen LogP contribution >= 0.6 is 0 Å². The Kier molecular flexibility index (Phi) is 5.80. The molecule has 148 valence electrons. The van der Waals surface area contributed by atoms with E-state index in [0.29, 0.717) is 19.8 Å². The van der Waals surface area contributed by atoms with Gasteiger partial charge in [0.2, 0.25) is 0 Å². The van der Waals surface area contributed by atoms with E-state index in [2.05, 4.69) is 5.32 Å². The summed E-state index contributed by atoms with van der Waals surface area (Å²) in [6.45, 7) is 6.84. The van der Waals surface area contributed by atoms with Crippen LogP contribution in [-0.4, -0.2) is 44.0 Å². The first-order chi connectivity index (χ1) is 12.3. The topological polar surface area (TPSA) is 73.9 Å². The zero-order valence-corrected chi connectivity index (χ0v) is 16.3. The smallest absolute Gasteiger partial charge is 0.407 e. The highest BCUT2D eigenvalue weighted by atomic mass is 16.6. The summed E-state index contributed by atoms with van der Waals surface area (Å²) in [7, 11) is 0. The van der Waals surface area contributed by atoms with Crippen molar-refractivity contribution in [3.63, 3.8) is 0 Å². The van der Waals surface area contributed by atoms with Gasteiger partial charge < -0.3 is 19.5 Å². The molecule has 26 heavy (non-hydrogen) atoms. The second-order valence-electron chi connectivity index (χ2n) is 9.37. The summed E-state index contributed by atoms with van der Waals surface area (Å²) >= 11 is 0. The lowest BCUT2D eigenvalue weighted by Crippen LogP contribution is -2.50. The first-order valence-electron chi connectivity index (χ1n) is 9.98. The van der Waals surface area contributed by atoms with E-state index in [0.717, 1.165) is 37.0 Å². The number of nitrogens with one attached hydrogen (secondary N) is 1. The zero-order valence-electron chi connectivity index (χ0n) is 16.3. The van der Waals surface area contributed by atoms with Crippen LogP contribution in [0.15, 0.2) is 0 Å². The largest absolute Gasteiger partial charge is 0.463 e. The molecule has 0 aromatic rings. The molecule has 1 N–H and O–H groups in total. The monoisotopic (exact) mass is 367 g/mol. The van der Waals surface area contributed by atoms with Crippen molar-refractivity contribution >= 4 is 12.1 Å². The molecule has 0 heterocycles. The summed E-state index contributed by atoms with van der Waals surface area (Å²) in [5.41, 5.74) is -0.705. The molecular formula is C20H33NO5. The zero-order chi connectivity index (χ0) is 18.8. The van der Waals surface area contributed by atoms with Crippen LogP contribution in [0.5, 0.6) is 0 Å². The molecule has 4 aliphatic carbocycles. The molecule has 0 spiro atoms. The maximum atomic E-state index is 12.7. The maximum absolute atomic E-state index is 12.7. The summed E-state index contributed by atoms with van der Waals surface area (Å²) in [5.74, 6) is 2.21. The number of amides is 1. The number of carbonyl (C=O) groups excluding carboxylic acids is 2. The first-order valence-corrected chi connectivity index (χ1v) is 9.98. The Morgan fingerprint density at radius 3 is 2.08 bits per heavy atom. The third kappa shape index (κ3) is 4.90. The molecule has 4 fully saturated rings. The number of esters is 1. The lowest BCUT2D eigenvalue weighted by molar-refractivity contribution is -0.172. The second-order valence-corrected chi connectivity index (χ2v) is 9.37. The molecule has 0 radical (unpaired) electrons. The van der Waals surface area contributed by atoms with E-state index in [4.69, 9.17) is 14.2 Å².